The van der Waals surface area contributed by atoms with E-state index in [2.05, 4.69) is 5.32 Å². The molecule has 0 aromatic heterocycles. The largest absolute Gasteiger partial charge is 0.381 e. The average molecular weight is 298 g/mol. The van der Waals surface area contributed by atoms with Crippen molar-refractivity contribution in [2.45, 2.75) is 19.1 Å². The molecule has 1 amide bonds. The number of rotatable bonds is 5. The van der Waals surface area contributed by atoms with Gasteiger partial charge in [-0.2, -0.15) is 0 Å². The molecule has 2 aromatic rings. The van der Waals surface area contributed by atoms with E-state index >= 15 is 0 Å². The molecule has 2 N–H and O–H groups in total. The van der Waals surface area contributed by atoms with Gasteiger partial charge in [-0.3, -0.25) is 4.79 Å². The van der Waals surface area contributed by atoms with Crippen molar-refractivity contribution in [2.24, 2.45) is 0 Å². The standard InChI is InChI=1S/C18H22N2O2/c1-13-9-11-15(12-10-13)20(3)16(17(21)18(22)19-2)14-7-5-4-6-8-14/h4-12,16-17,21H,1-3H3,(H,19,22). The van der Waals surface area contributed by atoms with Crippen LogP contribution in [0.15, 0.2) is 54.6 Å². The normalized spacial score (nSPS) is 13.3. The molecule has 22 heavy (non-hydrogen) atoms. The van der Waals surface area contributed by atoms with E-state index in [4.69, 9.17) is 0 Å². The number of nitrogens with zero attached hydrogens (tertiary/aromatic N) is 1. The first-order chi connectivity index (χ1) is 10.5. The molecule has 0 aliphatic carbocycles. The van der Waals surface area contributed by atoms with Gasteiger partial charge in [0.05, 0.1) is 6.04 Å². The van der Waals surface area contributed by atoms with Crippen molar-refractivity contribution in [1.82, 2.24) is 5.32 Å². The zero-order chi connectivity index (χ0) is 16.1. The molecule has 2 unspecified atom stereocenters. The van der Waals surface area contributed by atoms with Crippen molar-refractivity contribution < 1.29 is 9.90 Å². The number of benzene rings is 2. The van der Waals surface area contributed by atoms with Gasteiger partial charge in [-0.1, -0.05) is 48.0 Å². The second-order valence-electron chi connectivity index (χ2n) is 5.36. The number of hydrogen-bond acceptors (Lipinski definition) is 3. The molecule has 0 spiro atoms. The van der Waals surface area contributed by atoms with Gasteiger partial charge in [0.25, 0.3) is 5.91 Å². The number of hydrogen-bond donors (Lipinski definition) is 2. The highest BCUT2D eigenvalue weighted by Crippen LogP contribution is 2.28. The summed E-state index contributed by atoms with van der Waals surface area (Å²) in [6.45, 7) is 2.03. The first kappa shape index (κ1) is 16.0. The molecule has 0 saturated heterocycles. The van der Waals surface area contributed by atoms with E-state index in [1.165, 1.54) is 12.6 Å². The lowest BCUT2D eigenvalue weighted by atomic mass is 9.98. The third kappa shape index (κ3) is 3.46. The molecule has 116 valence electrons. The summed E-state index contributed by atoms with van der Waals surface area (Å²) >= 11 is 0. The van der Waals surface area contributed by atoms with Crippen molar-refractivity contribution >= 4 is 11.6 Å². The van der Waals surface area contributed by atoms with E-state index in [1.54, 1.807) is 0 Å². The van der Waals surface area contributed by atoms with Crippen molar-refractivity contribution in [2.75, 3.05) is 19.0 Å². The Bertz CT molecular complexity index is 611. The lowest BCUT2D eigenvalue weighted by molar-refractivity contribution is -0.129. The fraction of sp³-hybridized carbons (Fsp3) is 0.278. The van der Waals surface area contributed by atoms with Crippen molar-refractivity contribution in [3.05, 3.63) is 65.7 Å². The fourth-order valence-electron chi connectivity index (χ4n) is 2.50. The van der Waals surface area contributed by atoms with Crippen LogP contribution >= 0.6 is 0 Å². The smallest absolute Gasteiger partial charge is 0.251 e. The lowest BCUT2D eigenvalue weighted by Gasteiger charge is -2.33. The fourth-order valence-corrected chi connectivity index (χ4v) is 2.50. The first-order valence-corrected chi connectivity index (χ1v) is 7.28. The number of likely N-dealkylation sites (N-methyl/N-ethyl adjacent to an activating group) is 2. The zero-order valence-electron chi connectivity index (χ0n) is 13.2. The van der Waals surface area contributed by atoms with E-state index in [-0.39, 0.29) is 0 Å². The van der Waals surface area contributed by atoms with Gasteiger partial charge in [-0.15, -0.1) is 0 Å². The minimum absolute atomic E-state index is 0.396. The summed E-state index contributed by atoms with van der Waals surface area (Å²) < 4.78 is 0. The number of aliphatic hydroxyl groups excluding tert-OH is 1. The van der Waals surface area contributed by atoms with Gasteiger partial charge in [0.2, 0.25) is 0 Å². The summed E-state index contributed by atoms with van der Waals surface area (Å²) in [5, 5.41) is 13.0. The van der Waals surface area contributed by atoms with Gasteiger partial charge in [-0.25, -0.2) is 0 Å². The molecule has 4 heteroatoms. The van der Waals surface area contributed by atoms with Crippen molar-refractivity contribution in [3.8, 4) is 0 Å². The molecule has 2 atom stereocenters. The molecular formula is C18H22N2O2. The molecule has 0 bridgehead atoms. The third-order valence-corrected chi connectivity index (χ3v) is 3.81. The molecular weight excluding hydrogens is 276 g/mol. The van der Waals surface area contributed by atoms with Gasteiger partial charge in [-0.05, 0) is 24.6 Å². The second kappa shape index (κ2) is 7.09. The van der Waals surface area contributed by atoms with Crippen LogP contribution in [0, 0.1) is 6.92 Å². The van der Waals surface area contributed by atoms with Gasteiger partial charge in [0.15, 0.2) is 6.10 Å². The van der Waals surface area contributed by atoms with E-state index in [0.717, 1.165) is 11.3 Å². The summed E-state index contributed by atoms with van der Waals surface area (Å²) in [6.07, 6.45) is -1.15. The highest BCUT2D eigenvalue weighted by Gasteiger charge is 2.30. The summed E-state index contributed by atoms with van der Waals surface area (Å²) in [7, 11) is 3.41. The molecule has 0 aliphatic rings. The van der Waals surface area contributed by atoms with Crippen molar-refractivity contribution in [3.63, 3.8) is 0 Å². The SMILES string of the molecule is CNC(=O)C(O)C(c1ccccc1)N(C)c1ccc(C)cc1. The highest BCUT2D eigenvalue weighted by molar-refractivity contribution is 5.82. The van der Waals surface area contributed by atoms with E-state index in [9.17, 15) is 9.90 Å². The predicted molar refractivity (Wildman–Crippen MR) is 88.8 cm³/mol. The average Bonchev–Trinajstić information content (AvgIpc) is 2.55. The van der Waals surface area contributed by atoms with Crippen LogP contribution in [0.5, 0.6) is 0 Å². The minimum atomic E-state index is -1.15. The Morgan fingerprint density at radius 2 is 1.68 bits per heavy atom. The zero-order valence-corrected chi connectivity index (χ0v) is 13.2. The Morgan fingerprint density at radius 1 is 1.09 bits per heavy atom. The van der Waals surface area contributed by atoms with Gasteiger partial charge < -0.3 is 15.3 Å². The molecule has 0 heterocycles. The lowest BCUT2D eigenvalue weighted by Crippen LogP contribution is -2.43. The van der Waals surface area contributed by atoms with Crippen LogP contribution in [0.25, 0.3) is 0 Å². The minimum Gasteiger partial charge on any atom is -0.381 e. The summed E-state index contributed by atoms with van der Waals surface area (Å²) in [5.74, 6) is -0.396. The van der Waals surface area contributed by atoms with Crippen LogP contribution in [-0.2, 0) is 4.79 Å². The van der Waals surface area contributed by atoms with E-state index in [0.29, 0.717) is 0 Å². The highest BCUT2D eigenvalue weighted by atomic mass is 16.3. The molecule has 0 fully saturated rings. The molecule has 4 nitrogen and oxygen atoms in total. The van der Waals surface area contributed by atoms with Crippen LogP contribution in [0.2, 0.25) is 0 Å². The number of anilines is 1. The molecule has 0 radical (unpaired) electrons. The van der Waals surface area contributed by atoms with Gasteiger partial charge in [0, 0.05) is 19.8 Å². The third-order valence-electron chi connectivity index (χ3n) is 3.81. The summed E-state index contributed by atoms with van der Waals surface area (Å²) in [5.41, 5.74) is 3.00. The maximum absolute atomic E-state index is 11.9. The first-order valence-electron chi connectivity index (χ1n) is 7.28. The second-order valence-corrected chi connectivity index (χ2v) is 5.36. The van der Waals surface area contributed by atoms with Crippen LogP contribution in [0.3, 0.4) is 0 Å². The maximum atomic E-state index is 11.9. The number of amides is 1. The quantitative estimate of drug-likeness (QED) is 0.890. The monoisotopic (exact) mass is 298 g/mol. The van der Waals surface area contributed by atoms with Crippen molar-refractivity contribution in [1.29, 1.82) is 0 Å². The molecule has 0 saturated carbocycles. The Labute approximate surface area is 131 Å². The topological polar surface area (TPSA) is 52.6 Å². The number of carbonyl (C=O) groups excluding carboxylic acids is 1. The van der Waals surface area contributed by atoms with Crippen LogP contribution < -0.4 is 10.2 Å². The van der Waals surface area contributed by atoms with E-state index < -0.39 is 18.1 Å². The summed E-state index contributed by atoms with van der Waals surface area (Å²) in [6, 6.07) is 17.1. The van der Waals surface area contributed by atoms with Gasteiger partial charge in [0.1, 0.15) is 0 Å². The van der Waals surface area contributed by atoms with Gasteiger partial charge >= 0.3 is 0 Å². The number of aryl methyl sites for hydroxylation is 1. The Kier molecular flexibility index (Phi) is 5.17. The number of aliphatic hydroxyl groups is 1. The van der Waals surface area contributed by atoms with E-state index in [1.807, 2.05) is 73.5 Å². The van der Waals surface area contributed by atoms with Crippen LogP contribution in [-0.4, -0.2) is 31.2 Å². The molecule has 0 aliphatic heterocycles. The Balaban J connectivity index is 2.39. The predicted octanol–water partition coefficient (Wildman–Crippen LogP) is 2.28. The summed E-state index contributed by atoms with van der Waals surface area (Å²) in [4.78, 5) is 13.9. The Hall–Kier alpha value is -2.33. The number of carbonyl (C=O) groups is 1. The molecule has 2 aromatic carbocycles. The Morgan fingerprint density at radius 3 is 2.23 bits per heavy atom. The van der Waals surface area contributed by atoms with Crippen LogP contribution in [0.4, 0.5) is 5.69 Å². The van der Waals surface area contributed by atoms with Crippen LogP contribution in [0.1, 0.15) is 17.2 Å². The maximum Gasteiger partial charge on any atom is 0.251 e. The number of nitrogens with one attached hydrogen (secondary N) is 1. The molecule has 2 rings (SSSR count).